The van der Waals surface area contributed by atoms with E-state index in [0.29, 0.717) is 5.82 Å². The second-order valence-corrected chi connectivity index (χ2v) is 4.18. The number of ether oxygens (including phenoxy) is 1. The molecule has 0 atom stereocenters. The summed E-state index contributed by atoms with van der Waals surface area (Å²) in [6.07, 6.45) is 1.75. The third kappa shape index (κ3) is 6.29. The van der Waals surface area contributed by atoms with Gasteiger partial charge < -0.3 is 10.1 Å². The number of amides is 1. The second kappa shape index (κ2) is 7.74. The van der Waals surface area contributed by atoms with Gasteiger partial charge in [0, 0.05) is 32.4 Å². The molecule has 1 N–H and O–H groups in total. The Balaban J connectivity index is 0.000000270. The van der Waals surface area contributed by atoms with Crippen LogP contribution in [-0.4, -0.2) is 22.8 Å². The third-order valence-electron chi connectivity index (χ3n) is 2.22. The minimum atomic E-state index is -0.562. The van der Waals surface area contributed by atoms with Gasteiger partial charge in [0.25, 0.3) is 0 Å². The summed E-state index contributed by atoms with van der Waals surface area (Å²) in [7, 11) is 0. The summed E-state index contributed by atoms with van der Waals surface area (Å²) in [4.78, 5) is 34.5. The van der Waals surface area contributed by atoms with E-state index < -0.39 is 11.9 Å². The van der Waals surface area contributed by atoms with E-state index in [4.69, 9.17) is 0 Å². The summed E-state index contributed by atoms with van der Waals surface area (Å²) in [6.45, 7) is 3.83. The van der Waals surface area contributed by atoms with Crippen molar-refractivity contribution in [1.82, 2.24) is 4.98 Å². The Bertz CT molecular complexity index is 656. The molecule has 6 nitrogen and oxygen atoms in total. The predicted molar refractivity (Wildman–Crippen MR) is 78.5 cm³/mol. The zero-order valence-corrected chi connectivity index (χ0v) is 12.0. The molecule has 0 aliphatic carbocycles. The van der Waals surface area contributed by atoms with Gasteiger partial charge in [-0.15, -0.1) is 0 Å². The topological polar surface area (TPSA) is 85.4 Å². The fraction of sp³-hybridized carbons (Fsp3) is 0.200. The molecular weight excluding hydrogens is 272 g/mol. The van der Waals surface area contributed by atoms with Crippen molar-refractivity contribution in [3.8, 4) is 0 Å². The molecule has 0 saturated carbocycles. The molecule has 1 aromatic heterocycles. The van der Waals surface area contributed by atoms with E-state index in [1.165, 1.54) is 20.8 Å². The Hall–Kier alpha value is -2.76. The smallest absolute Gasteiger partial charge is 0.310 e. The van der Waals surface area contributed by atoms with Crippen molar-refractivity contribution in [1.29, 1.82) is 0 Å². The number of aromatic nitrogens is 1. The molecule has 0 radical (unpaired) electrons. The first-order chi connectivity index (χ1) is 9.88. The first-order valence-corrected chi connectivity index (χ1v) is 6.20. The molecule has 0 aliphatic heterocycles. The first-order valence-electron chi connectivity index (χ1n) is 6.20. The van der Waals surface area contributed by atoms with Crippen molar-refractivity contribution in [3.05, 3.63) is 36.5 Å². The van der Waals surface area contributed by atoms with Gasteiger partial charge in [0.2, 0.25) is 5.91 Å². The van der Waals surface area contributed by atoms with Crippen LogP contribution < -0.4 is 5.32 Å². The van der Waals surface area contributed by atoms with Crippen LogP contribution in [0.4, 0.5) is 5.82 Å². The molecule has 0 fully saturated rings. The van der Waals surface area contributed by atoms with Crippen LogP contribution in [0.2, 0.25) is 0 Å². The lowest BCUT2D eigenvalue weighted by atomic mass is 10.2. The largest absolute Gasteiger partial charge is 0.394 e. The summed E-state index contributed by atoms with van der Waals surface area (Å²) in [6, 6.07) is 9.75. The number of hydrogen-bond donors (Lipinski definition) is 1. The standard InChI is InChI=1S/C11H10N2O.C4H6O3/c1-8(14)13-11-6-9-4-2-3-5-10(9)7-12-11;1-3(5)7-4(2)6/h2-7H,1H3,(H,12,13,14);1-2H3. The Morgan fingerprint density at radius 2 is 1.57 bits per heavy atom. The highest BCUT2D eigenvalue weighted by Gasteiger charge is 1.98. The first kappa shape index (κ1) is 16.3. The Morgan fingerprint density at radius 3 is 2.05 bits per heavy atom. The zero-order chi connectivity index (χ0) is 15.8. The molecule has 0 unspecified atom stereocenters. The van der Waals surface area contributed by atoms with Crippen molar-refractivity contribution in [2.24, 2.45) is 0 Å². The minimum absolute atomic E-state index is 0.104. The van der Waals surface area contributed by atoms with Crippen LogP contribution in [-0.2, 0) is 19.1 Å². The molecule has 0 aliphatic rings. The lowest BCUT2D eigenvalue weighted by Crippen LogP contribution is -2.06. The molecule has 1 amide bonds. The number of rotatable bonds is 1. The van der Waals surface area contributed by atoms with Gasteiger partial charge in [-0.1, -0.05) is 24.3 Å². The van der Waals surface area contributed by atoms with Gasteiger partial charge in [-0.05, 0) is 11.5 Å². The number of esters is 2. The van der Waals surface area contributed by atoms with E-state index in [1.54, 1.807) is 6.20 Å². The van der Waals surface area contributed by atoms with Gasteiger partial charge in [-0.25, -0.2) is 4.98 Å². The van der Waals surface area contributed by atoms with Gasteiger partial charge in [-0.3, -0.25) is 14.4 Å². The number of carbonyl (C=O) groups is 3. The van der Waals surface area contributed by atoms with E-state index in [9.17, 15) is 14.4 Å². The number of hydrogen-bond acceptors (Lipinski definition) is 5. The number of fused-ring (bicyclic) bond motifs is 1. The third-order valence-corrected chi connectivity index (χ3v) is 2.22. The fourth-order valence-corrected chi connectivity index (χ4v) is 1.53. The molecule has 1 aromatic carbocycles. The normalized spacial score (nSPS) is 9.29. The summed E-state index contributed by atoms with van der Waals surface area (Å²) < 4.78 is 3.97. The van der Waals surface area contributed by atoms with E-state index >= 15 is 0 Å². The van der Waals surface area contributed by atoms with Crippen molar-refractivity contribution in [2.75, 3.05) is 5.32 Å². The highest BCUT2D eigenvalue weighted by Crippen LogP contribution is 2.15. The average molecular weight is 288 g/mol. The molecule has 2 aromatic rings. The van der Waals surface area contributed by atoms with Gasteiger partial charge in [-0.2, -0.15) is 0 Å². The van der Waals surface area contributed by atoms with Crippen LogP contribution in [0.1, 0.15) is 20.8 Å². The summed E-state index contributed by atoms with van der Waals surface area (Å²) in [5.41, 5.74) is 0. The monoisotopic (exact) mass is 288 g/mol. The maximum Gasteiger partial charge on any atom is 0.310 e. The number of carbonyl (C=O) groups excluding carboxylic acids is 3. The summed E-state index contributed by atoms with van der Waals surface area (Å²) in [5, 5.41) is 4.79. The maximum atomic E-state index is 10.8. The van der Waals surface area contributed by atoms with Crippen LogP contribution in [0, 0.1) is 0 Å². The summed E-state index contributed by atoms with van der Waals surface area (Å²) in [5.74, 6) is -0.635. The molecule has 1 heterocycles. The molecule has 6 heteroatoms. The van der Waals surface area contributed by atoms with Crippen LogP contribution in [0.25, 0.3) is 10.8 Å². The highest BCUT2D eigenvalue weighted by molar-refractivity contribution is 5.91. The lowest BCUT2D eigenvalue weighted by molar-refractivity contribution is -0.156. The molecule has 2 rings (SSSR count). The number of anilines is 1. The Morgan fingerprint density at radius 1 is 1.00 bits per heavy atom. The quantitative estimate of drug-likeness (QED) is 0.642. The van der Waals surface area contributed by atoms with E-state index in [0.717, 1.165) is 10.8 Å². The molecular formula is C15H16N2O4. The maximum absolute atomic E-state index is 10.8. The van der Waals surface area contributed by atoms with Crippen LogP contribution in [0.15, 0.2) is 36.5 Å². The van der Waals surface area contributed by atoms with Gasteiger partial charge >= 0.3 is 11.9 Å². The van der Waals surface area contributed by atoms with Crippen LogP contribution in [0.5, 0.6) is 0 Å². The molecule has 21 heavy (non-hydrogen) atoms. The lowest BCUT2D eigenvalue weighted by Gasteiger charge is -2.02. The van der Waals surface area contributed by atoms with E-state index in [-0.39, 0.29) is 5.91 Å². The molecule has 110 valence electrons. The fourth-order valence-electron chi connectivity index (χ4n) is 1.53. The highest BCUT2D eigenvalue weighted by atomic mass is 16.6. The van der Waals surface area contributed by atoms with E-state index in [2.05, 4.69) is 15.0 Å². The second-order valence-electron chi connectivity index (χ2n) is 4.18. The minimum Gasteiger partial charge on any atom is -0.394 e. The summed E-state index contributed by atoms with van der Waals surface area (Å²) >= 11 is 0. The number of nitrogens with one attached hydrogen (secondary N) is 1. The Kier molecular flexibility index (Phi) is 6.00. The van der Waals surface area contributed by atoms with Crippen molar-refractivity contribution < 1.29 is 19.1 Å². The average Bonchev–Trinajstić information content (AvgIpc) is 2.37. The number of pyridine rings is 1. The Labute approximate surface area is 122 Å². The number of benzene rings is 1. The number of nitrogens with zero attached hydrogens (tertiary/aromatic N) is 1. The van der Waals surface area contributed by atoms with Gasteiger partial charge in [0.1, 0.15) is 5.82 Å². The van der Waals surface area contributed by atoms with Crippen molar-refractivity contribution in [2.45, 2.75) is 20.8 Å². The molecule has 0 spiro atoms. The van der Waals surface area contributed by atoms with Crippen molar-refractivity contribution in [3.63, 3.8) is 0 Å². The van der Waals surface area contributed by atoms with Gasteiger partial charge in [0.15, 0.2) is 0 Å². The van der Waals surface area contributed by atoms with E-state index in [1.807, 2.05) is 30.3 Å². The molecule has 0 saturated heterocycles. The van der Waals surface area contributed by atoms with Crippen molar-refractivity contribution >= 4 is 34.4 Å². The van der Waals surface area contributed by atoms with Crippen LogP contribution in [0.3, 0.4) is 0 Å². The van der Waals surface area contributed by atoms with Gasteiger partial charge in [0.05, 0.1) is 0 Å². The SMILES string of the molecule is CC(=O)Nc1cc2ccccc2cn1.CC(=O)OC(C)=O. The van der Waals surface area contributed by atoms with Crippen LogP contribution >= 0.6 is 0 Å². The zero-order valence-electron chi connectivity index (χ0n) is 12.0. The predicted octanol–water partition coefficient (Wildman–Crippen LogP) is 2.29. The molecule has 0 bridgehead atoms.